The maximum atomic E-state index is 4.42. The van der Waals surface area contributed by atoms with Crippen LogP contribution in [-0.4, -0.2) is 50.1 Å². The number of hydrogen-bond donors (Lipinski definition) is 2. The molecule has 1 unspecified atom stereocenters. The molecule has 0 aromatic heterocycles. The molecule has 3 fully saturated rings. The lowest BCUT2D eigenvalue weighted by atomic mass is 9.65. The molecule has 1 heterocycles. The van der Waals surface area contributed by atoms with Gasteiger partial charge >= 0.3 is 0 Å². The van der Waals surface area contributed by atoms with E-state index < -0.39 is 0 Å². The average Bonchev–Trinajstić information content (AvgIpc) is 3.20. The van der Waals surface area contributed by atoms with Crippen molar-refractivity contribution in [3.63, 3.8) is 0 Å². The van der Waals surface area contributed by atoms with Gasteiger partial charge in [-0.3, -0.25) is 9.89 Å². The van der Waals surface area contributed by atoms with Crippen molar-refractivity contribution in [1.82, 2.24) is 15.5 Å². The molecule has 5 heteroatoms. The Hall–Kier alpha value is -0.0400. The predicted octanol–water partition coefficient (Wildman–Crippen LogP) is 2.83. The lowest BCUT2D eigenvalue weighted by Gasteiger charge is -2.43. The largest absolute Gasteiger partial charge is 0.356 e. The van der Waals surface area contributed by atoms with Crippen LogP contribution in [0.1, 0.15) is 51.9 Å². The van der Waals surface area contributed by atoms with Crippen molar-refractivity contribution in [3.05, 3.63) is 0 Å². The molecular formula is C17H33IN4. The Morgan fingerprint density at radius 1 is 1.18 bits per heavy atom. The Kier molecular flexibility index (Phi) is 6.80. The van der Waals surface area contributed by atoms with Gasteiger partial charge in [-0.15, -0.1) is 24.0 Å². The summed E-state index contributed by atoms with van der Waals surface area (Å²) in [4.78, 5) is 7.00. The van der Waals surface area contributed by atoms with Gasteiger partial charge in [0.05, 0.1) is 0 Å². The monoisotopic (exact) mass is 420 g/mol. The highest BCUT2D eigenvalue weighted by Crippen LogP contribution is 2.56. The van der Waals surface area contributed by atoms with E-state index in [9.17, 15) is 0 Å². The van der Waals surface area contributed by atoms with Crippen molar-refractivity contribution in [2.75, 3.05) is 33.2 Å². The second-order valence-electron chi connectivity index (χ2n) is 7.22. The molecule has 128 valence electrons. The summed E-state index contributed by atoms with van der Waals surface area (Å²) in [5, 5.41) is 7.16. The fourth-order valence-electron chi connectivity index (χ4n) is 4.29. The van der Waals surface area contributed by atoms with E-state index in [1.165, 1.54) is 58.0 Å². The van der Waals surface area contributed by atoms with E-state index in [1.54, 1.807) is 0 Å². The highest BCUT2D eigenvalue weighted by atomic mass is 127. The Morgan fingerprint density at radius 2 is 1.95 bits per heavy atom. The SMILES string of the molecule is CCN1CCCC1CNC(=NC)NCC1(C2CC2)CCC1.I. The average molecular weight is 420 g/mol. The molecule has 22 heavy (non-hydrogen) atoms. The minimum atomic E-state index is 0. The molecule has 0 aromatic rings. The highest BCUT2D eigenvalue weighted by Gasteiger charge is 2.48. The van der Waals surface area contributed by atoms with Crippen molar-refractivity contribution >= 4 is 29.9 Å². The van der Waals surface area contributed by atoms with Crippen LogP contribution in [0.4, 0.5) is 0 Å². The minimum absolute atomic E-state index is 0. The van der Waals surface area contributed by atoms with E-state index in [0.717, 1.165) is 25.0 Å². The van der Waals surface area contributed by atoms with Crippen LogP contribution in [0.25, 0.3) is 0 Å². The van der Waals surface area contributed by atoms with Gasteiger partial charge in [-0.05, 0) is 62.9 Å². The zero-order chi connectivity index (χ0) is 14.7. The van der Waals surface area contributed by atoms with Gasteiger partial charge in [-0.25, -0.2) is 0 Å². The zero-order valence-corrected chi connectivity index (χ0v) is 16.6. The first-order chi connectivity index (χ1) is 10.3. The quantitative estimate of drug-likeness (QED) is 0.395. The first-order valence-electron chi connectivity index (χ1n) is 8.96. The number of guanidine groups is 1. The summed E-state index contributed by atoms with van der Waals surface area (Å²) in [6.07, 6.45) is 9.86. The van der Waals surface area contributed by atoms with Crippen molar-refractivity contribution in [2.45, 2.75) is 57.9 Å². The number of rotatable bonds is 6. The fourth-order valence-corrected chi connectivity index (χ4v) is 4.29. The normalized spacial score (nSPS) is 27.9. The lowest BCUT2D eigenvalue weighted by molar-refractivity contribution is 0.106. The summed E-state index contributed by atoms with van der Waals surface area (Å²) in [5.74, 6) is 2.01. The van der Waals surface area contributed by atoms with Gasteiger partial charge in [0, 0.05) is 26.2 Å². The van der Waals surface area contributed by atoms with Crippen molar-refractivity contribution in [1.29, 1.82) is 0 Å². The van der Waals surface area contributed by atoms with E-state index in [4.69, 9.17) is 0 Å². The van der Waals surface area contributed by atoms with Crippen LogP contribution >= 0.6 is 24.0 Å². The molecule has 2 N–H and O–H groups in total. The minimum Gasteiger partial charge on any atom is -0.356 e. The fraction of sp³-hybridized carbons (Fsp3) is 0.941. The first kappa shape index (κ1) is 18.3. The number of likely N-dealkylation sites (N-methyl/N-ethyl adjacent to an activating group) is 1. The maximum Gasteiger partial charge on any atom is 0.191 e. The van der Waals surface area contributed by atoms with E-state index in [-0.39, 0.29) is 24.0 Å². The molecule has 0 bridgehead atoms. The molecule has 0 amide bonds. The topological polar surface area (TPSA) is 39.7 Å². The number of hydrogen-bond acceptors (Lipinski definition) is 2. The van der Waals surface area contributed by atoms with Gasteiger partial charge in [-0.2, -0.15) is 0 Å². The third kappa shape index (κ3) is 4.08. The van der Waals surface area contributed by atoms with Crippen molar-refractivity contribution in [2.24, 2.45) is 16.3 Å². The second-order valence-corrected chi connectivity index (χ2v) is 7.22. The summed E-state index contributed by atoms with van der Waals surface area (Å²) in [5.41, 5.74) is 0.612. The van der Waals surface area contributed by atoms with Crippen LogP contribution < -0.4 is 10.6 Å². The summed E-state index contributed by atoms with van der Waals surface area (Å²) in [6.45, 7) is 6.85. The molecule has 0 spiro atoms. The van der Waals surface area contributed by atoms with E-state index in [2.05, 4.69) is 27.4 Å². The van der Waals surface area contributed by atoms with Crippen LogP contribution in [0.2, 0.25) is 0 Å². The summed E-state index contributed by atoms with van der Waals surface area (Å²) >= 11 is 0. The number of nitrogens with one attached hydrogen (secondary N) is 2. The molecule has 2 saturated carbocycles. The third-order valence-corrected chi connectivity index (χ3v) is 6.03. The van der Waals surface area contributed by atoms with Crippen molar-refractivity contribution in [3.8, 4) is 0 Å². The van der Waals surface area contributed by atoms with Gasteiger partial charge in [0.1, 0.15) is 0 Å². The number of nitrogens with zero attached hydrogens (tertiary/aromatic N) is 2. The highest BCUT2D eigenvalue weighted by molar-refractivity contribution is 14.0. The molecule has 0 radical (unpaired) electrons. The van der Waals surface area contributed by atoms with Gasteiger partial charge in [-0.1, -0.05) is 13.3 Å². The number of halogens is 1. The lowest BCUT2D eigenvalue weighted by Crippen LogP contribution is -2.49. The van der Waals surface area contributed by atoms with E-state index in [1.807, 2.05) is 7.05 Å². The predicted molar refractivity (Wildman–Crippen MR) is 104 cm³/mol. The van der Waals surface area contributed by atoms with Crippen LogP contribution in [0.15, 0.2) is 4.99 Å². The number of likely N-dealkylation sites (tertiary alicyclic amines) is 1. The maximum absolute atomic E-state index is 4.42. The van der Waals surface area contributed by atoms with Gasteiger partial charge in [0.2, 0.25) is 0 Å². The molecule has 1 aliphatic heterocycles. The molecule has 0 aromatic carbocycles. The molecule has 3 aliphatic rings. The molecule has 2 aliphatic carbocycles. The van der Waals surface area contributed by atoms with Crippen LogP contribution in [-0.2, 0) is 0 Å². The second kappa shape index (κ2) is 8.18. The summed E-state index contributed by atoms with van der Waals surface area (Å²) in [7, 11) is 1.89. The molecule has 1 saturated heterocycles. The van der Waals surface area contributed by atoms with Crippen LogP contribution in [0.3, 0.4) is 0 Å². The van der Waals surface area contributed by atoms with Gasteiger partial charge in [0.25, 0.3) is 0 Å². The van der Waals surface area contributed by atoms with E-state index in [0.29, 0.717) is 11.5 Å². The Bertz CT molecular complexity index is 377. The Morgan fingerprint density at radius 3 is 2.50 bits per heavy atom. The van der Waals surface area contributed by atoms with Crippen LogP contribution in [0, 0.1) is 11.3 Å². The summed E-state index contributed by atoms with van der Waals surface area (Å²) < 4.78 is 0. The molecule has 3 rings (SSSR count). The Labute approximate surface area is 152 Å². The summed E-state index contributed by atoms with van der Waals surface area (Å²) in [6, 6.07) is 0.689. The molecule has 1 atom stereocenters. The first-order valence-corrected chi connectivity index (χ1v) is 8.96. The molecular weight excluding hydrogens is 387 g/mol. The van der Waals surface area contributed by atoms with Crippen LogP contribution in [0.5, 0.6) is 0 Å². The number of aliphatic imine (C=N–C) groups is 1. The van der Waals surface area contributed by atoms with E-state index >= 15 is 0 Å². The van der Waals surface area contributed by atoms with Crippen molar-refractivity contribution < 1.29 is 0 Å². The van der Waals surface area contributed by atoms with Gasteiger partial charge in [0.15, 0.2) is 5.96 Å². The third-order valence-electron chi connectivity index (χ3n) is 6.03. The smallest absolute Gasteiger partial charge is 0.191 e. The zero-order valence-electron chi connectivity index (χ0n) is 14.2. The Balaban J connectivity index is 0.00000176. The van der Waals surface area contributed by atoms with Gasteiger partial charge < -0.3 is 10.6 Å². The molecule has 4 nitrogen and oxygen atoms in total. The standard InChI is InChI=1S/C17H32N4.HI/c1-3-21-11-4-6-15(21)12-19-16(18-2)20-13-17(9-5-10-17)14-7-8-14;/h14-15H,3-13H2,1-2H3,(H2,18,19,20);1H.